The molecule has 0 radical (unpaired) electrons. The maximum Gasteiger partial charge on any atom is 0.326 e. The van der Waals surface area contributed by atoms with Crippen LogP contribution >= 0.6 is 23.1 Å². The van der Waals surface area contributed by atoms with Gasteiger partial charge in [0.1, 0.15) is 11.1 Å². The Morgan fingerprint density at radius 3 is 2.67 bits per heavy atom. The lowest BCUT2D eigenvalue weighted by molar-refractivity contribution is -0.138. The summed E-state index contributed by atoms with van der Waals surface area (Å²) in [5.74, 6) is -1.22. The van der Waals surface area contributed by atoms with Crippen molar-refractivity contribution >= 4 is 29.1 Å². The van der Waals surface area contributed by atoms with E-state index in [2.05, 4.69) is 4.37 Å². The number of carboxylic acid groups (broad SMARTS) is 1. The first-order valence-electron chi connectivity index (χ1n) is 2.89. The van der Waals surface area contributed by atoms with E-state index in [1.165, 1.54) is 0 Å². The summed E-state index contributed by atoms with van der Waals surface area (Å²) in [6, 6.07) is -1.23. The predicted molar refractivity (Wildman–Crippen MR) is 44.5 cm³/mol. The molecule has 0 aliphatic rings. The molecule has 1 aromatic heterocycles. The zero-order valence-electron chi connectivity index (χ0n) is 5.70. The SMILES string of the molecule is NC(C(=O)O)c1s[nH]c(=O)c1Cl. The lowest BCUT2D eigenvalue weighted by Gasteiger charge is -2.00. The van der Waals surface area contributed by atoms with Crippen molar-refractivity contribution in [2.24, 2.45) is 5.73 Å². The van der Waals surface area contributed by atoms with Crippen LogP contribution in [0.15, 0.2) is 4.79 Å². The minimum absolute atomic E-state index is 0.144. The first kappa shape index (κ1) is 9.24. The molecule has 0 aliphatic carbocycles. The number of hydrogen-bond donors (Lipinski definition) is 3. The highest BCUT2D eigenvalue weighted by atomic mass is 35.5. The molecule has 1 aromatic rings. The Balaban J connectivity index is 3.11. The van der Waals surface area contributed by atoms with Crippen molar-refractivity contribution in [1.29, 1.82) is 0 Å². The van der Waals surface area contributed by atoms with Crippen LogP contribution in [0.5, 0.6) is 0 Å². The first-order chi connectivity index (χ1) is 5.54. The molecule has 0 spiro atoms. The van der Waals surface area contributed by atoms with Crippen molar-refractivity contribution in [2.45, 2.75) is 6.04 Å². The van der Waals surface area contributed by atoms with Crippen LogP contribution in [-0.4, -0.2) is 15.4 Å². The third kappa shape index (κ3) is 1.50. The van der Waals surface area contributed by atoms with Crippen LogP contribution in [0, 0.1) is 0 Å². The van der Waals surface area contributed by atoms with Gasteiger partial charge in [-0.05, 0) is 0 Å². The first-order valence-corrected chi connectivity index (χ1v) is 4.08. The fraction of sp³-hybridized carbons (Fsp3) is 0.200. The fourth-order valence-electron chi connectivity index (χ4n) is 0.615. The topological polar surface area (TPSA) is 96.2 Å². The van der Waals surface area contributed by atoms with Gasteiger partial charge in [0.25, 0.3) is 5.56 Å². The highest BCUT2D eigenvalue weighted by Gasteiger charge is 2.21. The Kier molecular flexibility index (Phi) is 2.51. The van der Waals surface area contributed by atoms with Gasteiger partial charge in [0.2, 0.25) is 0 Å². The molecular formula is C5H5ClN2O3S. The summed E-state index contributed by atoms with van der Waals surface area (Å²) in [6.07, 6.45) is 0. The highest BCUT2D eigenvalue weighted by molar-refractivity contribution is 7.06. The van der Waals surface area contributed by atoms with Crippen LogP contribution in [0.3, 0.4) is 0 Å². The Bertz CT molecular complexity index is 358. The molecule has 0 saturated heterocycles. The van der Waals surface area contributed by atoms with E-state index in [1.54, 1.807) is 0 Å². The van der Waals surface area contributed by atoms with E-state index >= 15 is 0 Å². The number of nitrogens with two attached hydrogens (primary N) is 1. The van der Waals surface area contributed by atoms with Gasteiger partial charge in [-0.25, -0.2) is 0 Å². The summed E-state index contributed by atoms with van der Waals surface area (Å²) < 4.78 is 2.28. The quantitative estimate of drug-likeness (QED) is 0.646. The maximum atomic E-state index is 10.7. The molecule has 1 atom stereocenters. The van der Waals surface area contributed by atoms with Gasteiger partial charge in [-0.2, -0.15) is 0 Å². The van der Waals surface area contributed by atoms with Gasteiger partial charge in [0.15, 0.2) is 0 Å². The molecule has 0 saturated carbocycles. The number of aromatic nitrogens is 1. The lowest BCUT2D eigenvalue weighted by atomic mass is 10.3. The van der Waals surface area contributed by atoms with Crippen molar-refractivity contribution in [3.8, 4) is 0 Å². The van der Waals surface area contributed by atoms with E-state index in [4.69, 9.17) is 22.4 Å². The van der Waals surface area contributed by atoms with Crippen molar-refractivity contribution in [3.05, 3.63) is 20.3 Å². The van der Waals surface area contributed by atoms with E-state index in [-0.39, 0.29) is 9.90 Å². The molecule has 12 heavy (non-hydrogen) atoms. The Morgan fingerprint density at radius 2 is 2.33 bits per heavy atom. The molecule has 0 fully saturated rings. The Morgan fingerprint density at radius 1 is 1.75 bits per heavy atom. The number of carboxylic acids is 1. The summed E-state index contributed by atoms with van der Waals surface area (Å²) in [6.45, 7) is 0. The summed E-state index contributed by atoms with van der Waals surface area (Å²) in [7, 11) is 0. The second-order valence-corrected chi connectivity index (χ2v) is 3.25. The third-order valence-electron chi connectivity index (χ3n) is 1.22. The number of hydrogen-bond acceptors (Lipinski definition) is 4. The number of aromatic amines is 1. The van der Waals surface area contributed by atoms with E-state index < -0.39 is 17.6 Å². The number of rotatable bonds is 2. The molecule has 0 bridgehead atoms. The third-order valence-corrected chi connectivity index (χ3v) is 2.67. The van der Waals surface area contributed by atoms with Gasteiger partial charge in [-0.3, -0.25) is 14.0 Å². The van der Waals surface area contributed by atoms with Crippen LogP contribution in [0.2, 0.25) is 5.02 Å². The number of H-pyrrole nitrogens is 1. The summed E-state index contributed by atoms with van der Waals surface area (Å²) in [5.41, 5.74) is 4.71. The van der Waals surface area contributed by atoms with Crippen molar-refractivity contribution in [3.63, 3.8) is 0 Å². The minimum atomic E-state index is -1.23. The molecule has 0 amide bonds. The molecule has 4 N–H and O–H groups in total. The average molecular weight is 209 g/mol. The zero-order chi connectivity index (χ0) is 9.30. The monoisotopic (exact) mass is 208 g/mol. The van der Waals surface area contributed by atoms with Crippen molar-refractivity contribution in [1.82, 2.24) is 4.37 Å². The van der Waals surface area contributed by atoms with Crippen LogP contribution < -0.4 is 11.3 Å². The Hall–Kier alpha value is -0.850. The molecule has 5 nitrogen and oxygen atoms in total. The van der Waals surface area contributed by atoms with Crippen LogP contribution in [0.25, 0.3) is 0 Å². The molecule has 7 heteroatoms. The minimum Gasteiger partial charge on any atom is -0.480 e. The lowest BCUT2D eigenvalue weighted by Crippen LogP contribution is -2.20. The average Bonchev–Trinajstić information content (AvgIpc) is 2.32. The summed E-state index contributed by atoms with van der Waals surface area (Å²) in [5, 5.41) is 8.33. The van der Waals surface area contributed by atoms with Crippen LogP contribution in [0.4, 0.5) is 0 Å². The molecule has 1 unspecified atom stereocenters. The van der Waals surface area contributed by atoms with E-state index in [0.717, 1.165) is 11.5 Å². The fourth-order valence-corrected chi connectivity index (χ4v) is 1.67. The summed E-state index contributed by atoms with van der Waals surface area (Å²) in [4.78, 5) is 21.3. The molecular weight excluding hydrogens is 204 g/mol. The maximum absolute atomic E-state index is 10.7. The standard InChI is InChI=1S/C5H5ClN2O3S/c6-1-3(2(7)5(10)11)12-8-4(1)9/h2H,7H2,(H,8,9)(H,10,11). The summed E-state index contributed by atoms with van der Waals surface area (Å²) >= 11 is 6.31. The van der Waals surface area contributed by atoms with Gasteiger partial charge >= 0.3 is 5.97 Å². The number of halogens is 1. The second kappa shape index (κ2) is 3.26. The van der Waals surface area contributed by atoms with Gasteiger partial charge in [0, 0.05) is 0 Å². The molecule has 1 heterocycles. The largest absolute Gasteiger partial charge is 0.480 e. The van der Waals surface area contributed by atoms with Crippen LogP contribution in [-0.2, 0) is 4.79 Å². The van der Waals surface area contributed by atoms with Crippen LogP contribution in [0.1, 0.15) is 10.9 Å². The van der Waals surface area contributed by atoms with Gasteiger partial charge < -0.3 is 10.8 Å². The molecule has 1 rings (SSSR count). The van der Waals surface area contributed by atoms with E-state index in [1.807, 2.05) is 0 Å². The van der Waals surface area contributed by atoms with Gasteiger partial charge in [-0.1, -0.05) is 23.1 Å². The van der Waals surface area contributed by atoms with Crippen molar-refractivity contribution in [2.75, 3.05) is 0 Å². The van der Waals surface area contributed by atoms with Gasteiger partial charge in [-0.15, -0.1) is 0 Å². The smallest absolute Gasteiger partial charge is 0.326 e. The number of aliphatic carboxylic acids is 1. The number of carbonyl (C=O) groups is 1. The molecule has 0 aliphatic heterocycles. The van der Waals surface area contributed by atoms with E-state index in [9.17, 15) is 9.59 Å². The molecule has 66 valence electrons. The normalized spacial score (nSPS) is 12.8. The van der Waals surface area contributed by atoms with E-state index in [0.29, 0.717) is 0 Å². The molecule has 0 aromatic carbocycles. The highest BCUT2D eigenvalue weighted by Crippen LogP contribution is 2.21. The Labute approximate surface area is 75.9 Å². The number of nitrogens with one attached hydrogen (secondary N) is 1. The predicted octanol–water partition coefficient (Wildman–Crippen LogP) is 0.174. The second-order valence-electron chi connectivity index (χ2n) is 2.03. The van der Waals surface area contributed by atoms with Crippen molar-refractivity contribution < 1.29 is 9.90 Å². The zero-order valence-corrected chi connectivity index (χ0v) is 7.28. The van der Waals surface area contributed by atoms with Gasteiger partial charge in [0.05, 0.1) is 4.88 Å².